The molecule has 0 unspecified atom stereocenters. The van der Waals surface area contributed by atoms with Gasteiger partial charge in [-0.3, -0.25) is 9.69 Å². The minimum absolute atomic E-state index is 0.0472. The number of nitrogen functional groups attached to an aromatic ring is 2. The maximum absolute atomic E-state index is 13.1. The van der Waals surface area contributed by atoms with E-state index in [0.717, 1.165) is 18.7 Å². The number of nitrogens with zero attached hydrogens (tertiary/aromatic N) is 2. The molecule has 0 bridgehead atoms. The minimum Gasteiger partial charge on any atom is -0.482 e. The Morgan fingerprint density at radius 3 is 2.54 bits per heavy atom. The van der Waals surface area contributed by atoms with E-state index in [4.69, 9.17) is 16.2 Å². The van der Waals surface area contributed by atoms with E-state index in [1.165, 1.54) is 12.1 Å². The van der Waals surface area contributed by atoms with Crippen molar-refractivity contribution in [1.82, 2.24) is 9.80 Å². The van der Waals surface area contributed by atoms with Gasteiger partial charge in [0, 0.05) is 31.7 Å². The predicted octanol–water partition coefficient (Wildman–Crippen LogP) is 2.49. The summed E-state index contributed by atoms with van der Waals surface area (Å²) in [5.41, 5.74) is 13.5. The highest BCUT2D eigenvalue weighted by Crippen LogP contribution is 2.27. The lowest BCUT2D eigenvalue weighted by Gasteiger charge is -2.44. The summed E-state index contributed by atoms with van der Waals surface area (Å²) in [6.45, 7) is 6.11. The molecule has 4 N–H and O–H groups in total. The van der Waals surface area contributed by atoms with Crippen LogP contribution in [-0.2, 0) is 11.3 Å². The van der Waals surface area contributed by atoms with Gasteiger partial charge in [-0.2, -0.15) is 0 Å². The van der Waals surface area contributed by atoms with Crippen LogP contribution >= 0.6 is 0 Å². The molecule has 1 aliphatic rings. The zero-order valence-corrected chi connectivity index (χ0v) is 16.3. The number of carbonyl (C=O) groups is 1. The Bertz CT molecular complexity index is 828. The molecule has 1 saturated heterocycles. The van der Waals surface area contributed by atoms with Crippen molar-refractivity contribution < 1.29 is 13.9 Å². The molecule has 1 heterocycles. The molecule has 1 fully saturated rings. The second kappa shape index (κ2) is 8.48. The number of piperazine rings is 1. The van der Waals surface area contributed by atoms with Gasteiger partial charge in [-0.05, 0) is 43.7 Å². The van der Waals surface area contributed by atoms with Gasteiger partial charge in [0.05, 0.1) is 11.4 Å². The van der Waals surface area contributed by atoms with Gasteiger partial charge >= 0.3 is 0 Å². The lowest BCUT2D eigenvalue weighted by atomic mass is 10.1. The number of anilines is 2. The van der Waals surface area contributed by atoms with Crippen molar-refractivity contribution >= 4 is 17.3 Å². The highest BCUT2D eigenvalue weighted by atomic mass is 19.1. The highest BCUT2D eigenvalue weighted by Gasteiger charge is 2.32. The molecule has 0 spiro atoms. The van der Waals surface area contributed by atoms with Gasteiger partial charge in [0.25, 0.3) is 5.91 Å². The predicted molar refractivity (Wildman–Crippen MR) is 108 cm³/mol. The molecule has 7 heteroatoms. The third-order valence-electron chi connectivity index (χ3n) is 5.19. The molecule has 3 rings (SSSR count). The Morgan fingerprint density at radius 1 is 1.11 bits per heavy atom. The smallest absolute Gasteiger partial charge is 0.260 e. The van der Waals surface area contributed by atoms with Crippen molar-refractivity contribution in [2.45, 2.75) is 32.5 Å². The maximum atomic E-state index is 13.1. The summed E-state index contributed by atoms with van der Waals surface area (Å²) in [5, 5.41) is 0. The fraction of sp³-hybridized carbons (Fsp3) is 0.381. The van der Waals surface area contributed by atoms with Gasteiger partial charge in [-0.1, -0.05) is 18.2 Å². The Hall–Kier alpha value is -2.80. The lowest BCUT2D eigenvalue weighted by Crippen LogP contribution is -2.58. The molecule has 2 aromatic carbocycles. The van der Waals surface area contributed by atoms with Gasteiger partial charge in [-0.15, -0.1) is 0 Å². The SMILES string of the molecule is C[C@@H]1CN(Cc2ccc(F)cc2)[C@@H](C)CN1C(=O)COc1cccc(N)c1N. The summed E-state index contributed by atoms with van der Waals surface area (Å²) >= 11 is 0. The van der Waals surface area contributed by atoms with Crippen LogP contribution in [0.5, 0.6) is 5.75 Å². The number of benzene rings is 2. The number of ether oxygens (including phenoxy) is 1. The van der Waals surface area contributed by atoms with E-state index in [0.29, 0.717) is 23.7 Å². The molecular weight excluding hydrogens is 359 g/mol. The number of rotatable bonds is 5. The molecule has 0 aliphatic carbocycles. The molecule has 0 saturated carbocycles. The normalized spacial score (nSPS) is 20.2. The standard InChI is InChI=1S/C21H27FN4O2/c1-14-11-26(20(27)13-28-19-5-3-4-18(23)21(19)24)15(2)10-25(14)12-16-6-8-17(22)9-7-16/h3-9,14-15H,10-13,23-24H2,1-2H3/t14-,15+/m0/s1. The van der Waals surface area contributed by atoms with Crippen LogP contribution in [0, 0.1) is 5.82 Å². The maximum Gasteiger partial charge on any atom is 0.260 e. The van der Waals surface area contributed by atoms with E-state index in [2.05, 4.69) is 11.8 Å². The van der Waals surface area contributed by atoms with Crippen LogP contribution in [0.2, 0.25) is 0 Å². The first-order valence-corrected chi connectivity index (χ1v) is 9.40. The van der Waals surface area contributed by atoms with E-state index in [9.17, 15) is 9.18 Å². The van der Waals surface area contributed by atoms with Crippen LogP contribution in [-0.4, -0.2) is 47.5 Å². The molecule has 6 nitrogen and oxygen atoms in total. The molecular formula is C21H27FN4O2. The van der Waals surface area contributed by atoms with Crippen molar-refractivity contribution in [2.24, 2.45) is 0 Å². The quantitative estimate of drug-likeness (QED) is 0.772. The number of nitrogens with two attached hydrogens (primary N) is 2. The zero-order chi connectivity index (χ0) is 20.3. The zero-order valence-electron chi connectivity index (χ0n) is 16.3. The van der Waals surface area contributed by atoms with Crippen molar-refractivity contribution in [3.05, 3.63) is 53.8 Å². The fourth-order valence-corrected chi connectivity index (χ4v) is 3.50. The van der Waals surface area contributed by atoms with Crippen LogP contribution in [0.1, 0.15) is 19.4 Å². The minimum atomic E-state index is -0.235. The van der Waals surface area contributed by atoms with Crippen molar-refractivity contribution in [3.63, 3.8) is 0 Å². The van der Waals surface area contributed by atoms with E-state index in [1.54, 1.807) is 30.3 Å². The Morgan fingerprint density at radius 2 is 1.82 bits per heavy atom. The molecule has 1 aliphatic heterocycles. The van der Waals surface area contributed by atoms with Crippen LogP contribution in [0.15, 0.2) is 42.5 Å². The molecule has 1 amide bonds. The van der Waals surface area contributed by atoms with Crippen LogP contribution in [0.3, 0.4) is 0 Å². The second-order valence-electron chi connectivity index (χ2n) is 7.35. The Balaban J connectivity index is 1.57. The number of para-hydroxylation sites is 1. The fourth-order valence-electron chi connectivity index (χ4n) is 3.50. The second-order valence-corrected chi connectivity index (χ2v) is 7.35. The summed E-state index contributed by atoms with van der Waals surface area (Å²) in [4.78, 5) is 16.8. The number of hydrogen-bond acceptors (Lipinski definition) is 5. The topological polar surface area (TPSA) is 84.8 Å². The summed E-state index contributed by atoms with van der Waals surface area (Å²) in [6.07, 6.45) is 0. The van der Waals surface area contributed by atoms with E-state index in [1.807, 2.05) is 11.8 Å². The first-order chi connectivity index (χ1) is 13.3. The highest BCUT2D eigenvalue weighted by molar-refractivity contribution is 5.79. The molecule has 2 aromatic rings. The molecule has 0 aromatic heterocycles. The molecule has 2 atom stereocenters. The van der Waals surface area contributed by atoms with Crippen molar-refractivity contribution in [2.75, 3.05) is 31.2 Å². The summed E-state index contributed by atoms with van der Waals surface area (Å²) in [5.74, 6) is 0.105. The van der Waals surface area contributed by atoms with Crippen LogP contribution in [0.25, 0.3) is 0 Å². The van der Waals surface area contributed by atoms with Crippen molar-refractivity contribution in [3.8, 4) is 5.75 Å². The average molecular weight is 386 g/mol. The van der Waals surface area contributed by atoms with Crippen LogP contribution in [0.4, 0.5) is 15.8 Å². The van der Waals surface area contributed by atoms with Gasteiger partial charge in [0.1, 0.15) is 11.6 Å². The number of halogens is 1. The van der Waals surface area contributed by atoms with E-state index >= 15 is 0 Å². The van der Waals surface area contributed by atoms with Gasteiger partial charge in [-0.25, -0.2) is 4.39 Å². The molecule has 150 valence electrons. The number of amides is 1. The van der Waals surface area contributed by atoms with Crippen LogP contribution < -0.4 is 16.2 Å². The van der Waals surface area contributed by atoms with Gasteiger partial charge in [0.15, 0.2) is 6.61 Å². The molecule has 0 radical (unpaired) electrons. The summed E-state index contributed by atoms with van der Waals surface area (Å²) < 4.78 is 18.7. The average Bonchev–Trinajstić information content (AvgIpc) is 2.67. The lowest BCUT2D eigenvalue weighted by molar-refractivity contribution is -0.139. The first-order valence-electron chi connectivity index (χ1n) is 9.40. The van der Waals surface area contributed by atoms with Gasteiger partial charge in [0.2, 0.25) is 0 Å². The number of carbonyl (C=O) groups excluding carboxylic acids is 1. The Labute approximate surface area is 164 Å². The van der Waals surface area contributed by atoms with Crippen molar-refractivity contribution in [1.29, 1.82) is 0 Å². The van der Waals surface area contributed by atoms with E-state index in [-0.39, 0.29) is 30.4 Å². The third kappa shape index (κ3) is 4.54. The monoisotopic (exact) mass is 386 g/mol. The largest absolute Gasteiger partial charge is 0.482 e. The summed E-state index contributed by atoms with van der Waals surface area (Å²) in [7, 11) is 0. The van der Waals surface area contributed by atoms with Gasteiger partial charge < -0.3 is 21.1 Å². The Kier molecular flexibility index (Phi) is 6.04. The van der Waals surface area contributed by atoms with E-state index < -0.39 is 0 Å². The molecule has 28 heavy (non-hydrogen) atoms. The summed E-state index contributed by atoms with van der Waals surface area (Å²) in [6, 6.07) is 11.9. The first kappa shape index (κ1) is 19.9. The number of hydrogen-bond donors (Lipinski definition) is 2. The third-order valence-corrected chi connectivity index (χ3v) is 5.19.